The third-order valence-corrected chi connectivity index (χ3v) is 5.31. The molecule has 0 atom stereocenters. The van der Waals surface area contributed by atoms with E-state index in [9.17, 15) is 12.8 Å². The van der Waals surface area contributed by atoms with Crippen molar-refractivity contribution in [2.45, 2.75) is 13.8 Å². The summed E-state index contributed by atoms with van der Waals surface area (Å²) in [6, 6.07) is 11.9. The zero-order valence-electron chi connectivity index (χ0n) is 16.6. The second kappa shape index (κ2) is 7.42. The number of benzene rings is 2. The number of hydrogen-bond donors (Lipinski definition) is 2. The lowest BCUT2D eigenvalue weighted by molar-refractivity contribution is 0.606. The summed E-state index contributed by atoms with van der Waals surface area (Å²) in [5, 5.41) is 7.79. The summed E-state index contributed by atoms with van der Waals surface area (Å²) in [7, 11) is -3.39. The molecule has 0 aliphatic carbocycles. The highest BCUT2D eigenvalue weighted by atomic mass is 32.2. The Hall–Kier alpha value is -3.46. The molecule has 2 N–H and O–H groups in total. The van der Waals surface area contributed by atoms with Gasteiger partial charge in [-0.15, -0.1) is 0 Å². The zero-order chi connectivity index (χ0) is 21.5. The van der Waals surface area contributed by atoms with Crippen LogP contribution >= 0.6 is 0 Å². The van der Waals surface area contributed by atoms with Crippen LogP contribution in [0.3, 0.4) is 0 Å². The van der Waals surface area contributed by atoms with Gasteiger partial charge in [-0.2, -0.15) is 5.10 Å². The van der Waals surface area contributed by atoms with Crippen LogP contribution in [0.5, 0.6) is 0 Å². The fraction of sp³-hybridized carbons (Fsp3) is 0.143. The number of nitrogens with zero attached hydrogens (tertiary/aromatic N) is 3. The van der Waals surface area contributed by atoms with Gasteiger partial charge in [0.15, 0.2) is 0 Å². The van der Waals surface area contributed by atoms with Crippen molar-refractivity contribution in [3.63, 3.8) is 0 Å². The minimum Gasteiger partial charge on any atom is -0.294 e. The monoisotopic (exact) mass is 425 g/mol. The molecule has 0 aliphatic rings. The summed E-state index contributed by atoms with van der Waals surface area (Å²) < 4.78 is 40.0. The largest absolute Gasteiger partial charge is 0.294 e. The number of aryl methyl sites for hydroxylation is 2. The van der Waals surface area contributed by atoms with Gasteiger partial charge in [-0.25, -0.2) is 17.8 Å². The average molecular weight is 425 g/mol. The number of fused-ring (bicyclic) bond motifs is 1. The molecule has 9 heteroatoms. The van der Waals surface area contributed by atoms with Crippen LogP contribution in [-0.2, 0) is 10.0 Å². The highest BCUT2D eigenvalue weighted by Gasteiger charge is 2.20. The first kappa shape index (κ1) is 19.8. The number of anilines is 4. The van der Waals surface area contributed by atoms with Crippen molar-refractivity contribution in [3.8, 4) is 0 Å². The third kappa shape index (κ3) is 3.84. The molecule has 0 amide bonds. The fourth-order valence-electron chi connectivity index (χ4n) is 3.36. The number of halogens is 1. The van der Waals surface area contributed by atoms with Gasteiger partial charge >= 0.3 is 0 Å². The predicted molar refractivity (Wildman–Crippen MR) is 116 cm³/mol. The lowest BCUT2D eigenvalue weighted by atomic mass is 10.1. The van der Waals surface area contributed by atoms with Gasteiger partial charge in [-0.3, -0.25) is 14.7 Å². The molecule has 0 bridgehead atoms. The quantitative estimate of drug-likeness (QED) is 0.489. The molecule has 4 rings (SSSR count). The Morgan fingerprint density at radius 3 is 2.50 bits per heavy atom. The Kier molecular flexibility index (Phi) is 4.90. The van der Waals surface area contributed by atoms with E-state index in [2.05, 4.69) is 19.9 Å². The second-order valence-electron chi connectivity index (χ2n) is 7.11. The van der Waals surface area contributed by atoms with E-state index in [0.29, 0.717) is 28.4 Å². The number of H-pyrrole nitrogens is 1. The molecular formula is C21H20FN5O2S. The van der Waals surface area contributed by atoms with Crippen molar-refractivity contribution in [1.29, 1.82) is 0 Å². The third-order valence-electron chi connectivity index (χ3n) is 4.71. The predicted octanol–water partition coefficient (Wildman–Crippen LogP) is 4.56. The molecule has 7 nitrogen and oxygen atoms in total. The number of nitrogens with one attached hydrogen (secondary N) is 2. The average Bonchev–Trinajstić information content (AvgIpc) is 3.16. The molecule has 154 valence electrons. The van der Waals surface area contributed by atoms with Crippen molar-refractivity contribution in [1.82, 2.24) is 15.2 Å². The summed E-state index contributed by atoms with van der Waals surface area (Å²) >= 11 is 0. The number of hydrogen-bond acceptors (Lipinski definition) is 5. The molecule has 30 heavy (non-hydrogen) atoms. The number of pyridine rings is 1. The van der Waals surface area contributed by atoms with E-state index in [1.807, 2.05) is 17.9 Å². The van der Waals surface area contributed by atoms with E-state index in [4.69, 9.17) is 0 Å². The molecule has 2 aromatic heterocycles. The molecule has 2 aromatic carbocycles. The van der Waals surface area contributed by atoms with Crippen LogP contribution in [0.15, 0.2) is 54.9 Å². The number of aromatic amines is 1. The van der Waals surface area contributed by atoms with Crippen molar-refractivity contribution in [2.75, 3.05) is 15.9 Å². The van der Waals surface area contributed by atoms with E-state index in [1.165, 1.54) is 6.07 Å². The lowest BCUT2D eigenvalue weighted by Gasteiger charge is -2.27. The summed E-state index contributed by atoms with van der Waals surface area (Å²) in [5.74, 6) is 0.256. The van der Waals surface area contributed by atoms with Gasteiger partial charge in [0, 0.05) is 17.6 Å². The van der Waals surface area contributed by atoms with E-state index in [-0.39, 0.29) is 5.82 Å². The Balaban J connectivity index is 1.91. The van der Waals surface area contributed by atoms with E-state index in [0.717, 1.165) is 22.7 Å². The molecule has 0 radical (unpaired) electrons. The maximum atomic E-state index is 14.5. The van der Waals surface area contributed by atoms with Crippen LogP contribution in [0.25, 0.3) is 10.9 Å². The van der Waals surface area contributed by atoms with Gasteiger partial charge in [0.2, 0.25) is 10.0 Å². The fourth-order valence-corrected chi connectivity index (χ4v) is 3.92. The lowest BCUT2D eigenvalue weighted by Crippen LogP contribution is -2.14. The Bertz CT molecular complexity index is 1330. The first-order valence-electron chi connectivity index (χ1n) is 9.16. The Labute approximate surface area is 173 Å². The first-order valence-corrected chi connectivity index (χ1v) is 11.0. The van der Waals surface area contributed by atoms with Gasteiger partial charge in [0.05, 0.1) is 29.0 Å². The van der Waals surface area contributed by atoms with E-state index < -0.39 is 10.0 Å². The van der Waals surface area contributed by atoms with Gasteiger partial charge in [0.1, 0.15) is 11.6 Å². The van der Waals surface area contributed by atoms with E-state index >= 15 is 0 Å². The van der Waals surface area contributed by atoms with Crippen LogP contribution in [0.4, 0.5) is 27.3 Å². The topological polar surface area (TPSA) is 91.0 Å². The van der Waals surface area contributed by atoms with Gasteiger partial charge in [-0.05, 0) is 61.4 Å². The number of rotatable bonds is 5. The smallest absolute Gasteiger partial charge is 0.229 e. The molecule has 4 aromatic rings. The van der Waals surface area contributed by atoms with Crippen LogP contribution in [0.1, 0.15) is 11.1 Å². The minimum absolute atomic E-state index is 0.324. The van der Waals surface area contributed by atoms with Crippen molar-refractivity contribution < 1.29 is 12.8 Å². The summed E-state index contributed by atoms with van der Waals surface area (Å²) in [6.45, 7) is 3.63. The molecule has 0 saturated heterocycles. The van der Waals surface area contributed by atoms with Crippen molar-refractivity contribution in [2.24, 2.45) is 0 Å². The summed E-state index contributed by atoms with van der Waals surface area (Å²) in [4.78, 5) is 6.37. The second-order valence-corrected chi connectivity index (χ2v) is 8.86. The van der Waals surface area contributed by atoms with Crippen LogP contribution in [-0.4, -0.2) is 29.9 Å². The van der Waals surface area contributed by atoms with Crippen LogP contribution in [0.2, 0.25) is 0 Å². The Morgan fingerprint density at radius 1 is 1.07 bits per heavy atom. The van der Waals surface area contributed by atoms with Crippen LogP contribution in [0, 0.1) is 19.7 Å². The minimum atomic E-state index is -3.39. The maximum Gasteiger partial charge on any atom is 0.229 e. The van der Waals surface area contributed by atoms with Gasteiger partial charge < -0.3 is 0 Å². The molecule has 0 unspecified atom stereocenters. The first-order chi connectivity index (χ1) is 14.2. The zero-order valence-corrected chi connectivity index (χ0v) is 17.5. The SMILES string of the molecule is Cc1cc(C)c(N(c2ccc(NS(C)(=O)=O)cc2)c2nccc3[nH]ncc23)cc1F. The normalized spacial score (nSPS) is 11.6. The molecule has 2 heterocycles. The van der Waals surface area contributed by atoms with Gasteiger partial charge in [0.25, 0.3) is 0 Å². The Morgan fingerprint density at radius 2 is 1.80 bits per heavy atom. The summed E-state index contributed by atoms with van der Waals surface area (Å²) in [5.41, 5.74) is 3.98. The van der Waals surface area contributed by atoms with Crippen molar-refractivity contribution >= 4 is 43.8 Å². The highest BCUT2D eigenvalue weighted by molar-refractivity contribution is 7.92. The molecule has 0 spiro atoms. The highest BCUT2D eigenvalue weighted by Crippen LogP contribution is 2.39. The number of aromatic nitrogens is 3. The summed E-state index contributed by atoms with van der Waals surface area (Å²) in [6.07, 6.45) is 4.42. The standard InChI is InChI=1S/C21H20FN5O2S/c1-13-10-14(2)20(11-18(13)22)27(21-17-12-24-25-19(17)8-9-23-21)16-6-4-15(5-7-16)26-30(3,28)29/h4-12,26H,1-3H3,(H,24,25). The molecule has 0 fully saturated rings. The van der Waals surface area contributed by atoms with E-state index in [1.54, 1.807) is 49.6 Å². The van der Waals surface area contributed by atoms with Crippen LogP contribution < -0.4 is 9.62 Å². The number of sulfonamides is 1. The maximum absolute atomic E-state index is 14.5. The van der Waals surface area contributed by atoms with Crippen molar-refractivity contribution in [3.05, 3.63) is 71.8 Å². The van der Waals surface area contributed by atoms with Gasteiger partial charge in [-0.1, -0.05) is 6.07 Å². The molecule has 0 aliphatic heterocycles. The molecule has 0 saturated carbocycles. The molecular weight excluding hydrogens is 405 g/mol.